The van der Waals surface area contributed by atoms with Crippen molar-refractivity contribution in [2.75, 3.05) is 11.7 Å². The molecule has 5 nitrogen and oxygen atoms in total. The van der Waals surface area contributed by atoms with Crippen LogP contribution in [0.15, 0.2) is 67.0 Å². The molecule has 1 aliphatic rings. The predicted molar refractivity (Wildman–Crippen MR) is 95.8 cm³/mol. The monoisotopic (exact) mass is 353 g/mol. The van der Waals surface area contributed by atoms with E-state index in [-0.39, 0.29) is 6.04 Å². The maximum absolute atomic E-state index is 5.98. The number of para-hydroxylation sites is 1. The Hall–Kier alpha value is -2.63. The summed E-state index contributed by atoms with van der Waals surface area (Å²) in [5.41, 5.74) is 1.10. The fourth-order valence-corrected chi connectivity index (χ4v) is 2.99. The average Bonchev–Trinajstić information content (AvgIpc) is 3.13. The highest BCUT2D eigenvalue weighted by Gasteiger charge is 2.29. The molecule has 4 rings (SSSR count). The molecule has 1 aliphatic heterocycles. The summed E-state index contributed by atoms with van der Waals surface area (Å²) < 4.78 is 5.93. The van der Waals surface area contributed by atoms with Gasteiger partial charge in [-0.1, -0.05) is 41.9 Å². The van der Waals surface area contributed by atoms with Crippen molar-refractivity contribution in [1.82, 2.24) is 9.97 Å². The number of nitrogens with zero attached hydrogens (tertiary/aromatic N) is 3. The van der Waals surface area contributed by atoms with Crippen molar-refractivity contribution in [1.29, 1.82) is 0 Å². The molecule has 0 unspecified atom stereocenters. The second-order valence-electron chi connectivity index (χ2n) is 5.65. The second kappa shape index (κ2) is 7.09. The molecule has 2 aromatic carbocycles. The van der Waals surface area contributed by atoms with Gasteiger partial charge in [-0.25, -0.2) is 15.0 Å². The van der Waals surface area contributed by atoms with E-state index in [1.165, 1.54) is 6.33 Å². The first-order chi connectivity index (χ1) is 12.3. The topological polar surface area (TPSA) is 47.5 Å². The first kappa shape index (κ1) is 15.9. The van der Waals surface area contributed by atoms with E-state index in [9.17, 15) is 0 Å². The lowest BCUT2D eigenvalue weighted by Gasteiger charge is -2.24. The minimum atomic E-state index is 0.0466. The average molecular weight is 354 g/mol. The summed E-state index contributed by atoms with van der Waals surface area (Å²) in [7, 11) is 0. The van der Waals surface area contributed by atoms with Gasteiger partial charge in [0.05, 0.1) is 12.6 Å². The zero-order valence-corrected chi connectivity index (χ0v) is 14.1. The molecule has 0 spiro atoms. The number of benzene rings is 2. The van der Waals surface area contributed by atoms with Crippen molar-refractivity contribution in [3.05, 3.63) is 77.7 Å². The highest BCUT2D eigenvalue weighted by molar-refractivity contribution is 6.29. The summed E-state index contributed by atoms with van der Waals surface area (Å²) in [5.74, 6) is 2.25. The highest BCUT2D eigenvalue weighted by Crippen LogP contribution is 2.36. The Labute approximate surface area is 150 Å². The van der Waals surface area contributed by atoms with Crippen LogP contribution in [0.5, 0.6) is 11.5 Å². The van der Waals surface area contributed by atoms with Gasteiger partial charge in [-0.3, -0.25) is 4.84 Å². The van der Waals surface area contributed by atoms with Gasteiger partial charge in [-0.15, -0.1) is 0 Å². The van der Waals surface area contributed by atoms with Crippen LogP contribution >= 0.6 is 11.6 Å². The molecule has 0 aliphatic carbocycles. The van der Waals surface area contributed by atoms with Gasteiger partial charge >= 0.3 is 0 Å². The van der Waals surface area contributed by atoms with Crippen LogP contribution in [0, 0.1) is 0 Å². The molecule has 1 fully saturated rings. The SMILES string of the molecule is Clc1cc(N2OCC[C@@H]2c2cccc(Oc3ccccc3)c2)ncn1. The first-order valence-corrected chi connectivity index (χ1v) is 8.40. The fourth-order valence-electron chi connectivity index (χ4n) is 2.85. The van der Waals surface area contributed by atoms with Crippen molar-refractivity contribution >= 4 is 17.4 Å². The number of ether oxygens (including phenoxy) is 1. The highest BCUT2D eigenvalue weighted by atomic mass is 35.5. The van der Waals surface area contributed by atoms with Crippen LogP contribution in [0.3, 0.4) is 0 Å². The Morgan fingerprint density at radius 3 is 2.68 bits per heavy atom. The van der Waals surface area contributed by atoms with Gasteiger partial charge in [0.25, 0.3) is 0 Å². The molecule has 1 aromatic heterocycles. The Morgan fingerprint density at radius 2 is 1.84 bits per heavy atom. The van der Waals surface area contributed by atoms with Crippen molar-refractivity contribution in [2.45, 2.75) is 12.5 Å². The second-order valence-corrected chi connectivity index (χ2v) is 6.04. The molecular weight excluding hydrogens is 338 g/mol. The molecule has 126 valence electrons. The third-order valence-electron chi connectivity index (χ3n) is 3.97. The summed E-state index contributed by atoms with van der Waals surface area (Å²) >= 11 is 5.98. The molecule has 6 heteroatoms. The normalized spacial score (nSPS) is 16.8. The lowest BCUT2D eigenvalue weighted by atomic mass is 10.0. The number of rotatable bonds is 4. The van der Waals surface area contributed by atoms with Crippen molar-refractivity contribution in [2.24, 2.45) is 0 Å². The molecular formula is C19H16ClN3O2. The maximum Gasteiger partial charge on any atom is 0.157 e. The molecule has 2 heterocycles. The number of hydrogen-bond acceptors (Lipinski definition) is 5. The number of aromatic nitrogens is 2. The Morgan fingerprint density at radius 1 is 1.00 bits per heavy atom. The van der Waals surface area contributed by atoms with Gasteiger partial charge in [-0.05, 0) is 29.8 Å². The van der Waals surface area contributed by atoms with E-state index in [1.54, 1.807) is 11.1 Å². The van der Waals surface area contributed by atoms with Gasteiger partial charge in [0, 0.05) is 12.5 Å². The van der Waals surface area contributed by atoms with Crippen LogP contribution in [0.1, 0.15) is 18.0 Å². The molecule has 1 atom stereocenters. The Bertz CT molecular complexity index is 860. The minimum Gasteiger partial charge on any atom is -0.457 e. The van der Waals surface area contributed by atoms with Crippen LogP contribution in [0.4, 0.5) is 5.82 Å². The standard InChI is InChI=1S/C19H16ClN3O2/c20-18-12-19(22-13-21-18)23-17(9-10-24-23)14-5-4-8-16(11-14)25-15-6-2-1-3-7-15/h1-8,11-13,17H,9-10H2/t17-/m1/s1. The number of anilines is 1. The first-order valence-electron chi connectivity index (χ1n) is 8.02. The van der Waals surface area contributed by atoms with Crippen LogP contribution in [-0.2, 0) is 4.84 Å². The summed E-state index contributed by atoms with van der Waals surface area (Å²) in [4.78, 5) is 13.9. The van der Waals surface area contributed by atoms with E-state index >= 15 is 0 Å². The van der Waals surface area contributed by atoms with Gasteiger partial charge in [0.15, 0.2) is 5.82 Å². The van der Waals surface area contributed by atoms with E-state index in [2.05, 4.69) is 16.0 Å². The number of halogens is 1. The van der Waals surface area contributed by atoms with Crippen LogP contribution in [0.25, 0.3) is 0 Å². The summed E-state index contributed by atoms with van der Waals surface area (Å²) in [5, 5.41) is 2.18. The number of hydroxylamine groups is 1. The number of hydrogen-bond donors (Lipinski definition) is 0. The lowest BCUT2D eigenvalue weighted by molar-refractivity contribution is 0.156. The van der Waals surface area contributed by atoms with Crippen LogP contribution in [-0.4, -0.2) is 16.6 Å². The molecule has 25 heavy (non-hydrogen) atoms. The largest absolute Gasteiger partial charge is 0.457 e. The van der Waals surface area contributed by atoms with E-state index < -0.39 is 0 Å². The third kappa shape index (κ3) is 3.57. The Balaban J connectivity index is 1.59. The van der Waals surface area contributed by atoms with Gasteiger partial charge in [0.2, 0.25) is 0 Å². The molecule has 0 radical (unpaired) electrons. The van der Waals surface area contributed by atoms with Crippen LogP contribution in [0.2, 0.25) is 5.15 Å². The van der Waals surface area contributed by atoms with E-state index in [4.69, 9.17) is 21.2 Å². The van der Waals surface area contributed by atoms with E-state index in [0.29, 0.717) is 17.6 Å². The quantitative estimate of drug-likeness (QED) is 0.630. The smallest absolute Gasteiger partial charge is 0.157 e. The predicted octanol–water partition coefficient (Wildman–Crippen LogP) is 4.81. The molecule has 0 amide bonds. The molecule has 0 bridgehead atoms. The van der Waals surface area contributed by atoms with Crippen molar-refractivity contribution in [3.63, 3.8) is 0 Å². The van der Waals surface area contributed by atoms with Crippen molar-refractivity contribution in [3.8, 4) is 11.5 Å². The summed E-state index contributed by atoms with van der Waals surface area (Å²) in [6, 6.07) is 19.5. The van der Waals surface area contributed by atoms with Gasteiger partial charge < -0.3 is 4.74 Å². The molecule has 1 saturated heterocycles. The fraction of sp³-hybridized carbons (Fsp3) is 0.158. The summed E-state index contributed by atoms with van der Waals surface area (Å²) in [6.07, 6.45) is 2.29. The maximum atomic E-state index is 5.98. The molecule has 3 aromatic rings. The van der Waals surface area contributed by atoms with Gasteiger partial charge in [0.1, 0.15) is 23.0 Å². The van der Waals surface area contributed by atoms with Crippen LogP contribution < -0.4 is 9.80 Å². The summed E-state index contributed by atoms with van der Waals surface area (Å²) in [6.45, 7) is 0.621. The van der Waals surface area contributed by atoms with Gasteiger partial charge in [-0.2, -0.15) is 0 Å². The van der Waals surface area contributed by atoms with Crippen molar-refractivity contribution < 1.29 is 9.57 Å². The minimum absolute atomic E-state index is 0.0466. The molecule has 0 saturated carbocycles. The van der Waals surface area contributed by atoms with E-state index in [0.717, 1.165) is 23.5 Å². The zero-order valence-electron chi connectivity index (χ0n) is 13.4. The Kier molecular flexibility index (Phi) is 4.50. The van der Waals surface area contributed by atoms with E-state index in [1.807, 2.05) is 48.5 Å². The zero-order chi connectivity index (χ0) is 17.1. The third-order valence-corrected chi connectivity index (χ3v) is 4.18. The molecule has 0 N–H and O–H groups in total. The lowest BCUT2D eigenvalue weighted by Crippen LogP contribution is -2.22.